The van der Waals surface area contributed by atoms with Crippen LogP contribution in [-0.4, -0.2) is 35.3 Å². The summed E-state index contributed by atoms with van der Waals surface area (Å²) in [6.45, 7) is 1.10. The number of anilines is 1. The van der Waals surface area contributed by atoms with Crippen LogP contribution in [0, 0.1) is 11.8 Å². The number of aromatic nitrogens is 2. The first-order chi connectivity index (χ1) is 8.33. The van der Waals surface area contributed by atoms with Gasteiger partial charge >= 0.3 is 0 Å². The van der Waals surface area contributed by atoms with E-state index in [4.69, 9.17) is 4.74 Å². The molecule has 0 aromatic carbocycles. The molecule has 1 fully saturated rings. The fourth-order valence-corrected chi connectivity index (χ4v) is 2.39. The van der Waals surface area contributed by atoms with Crippen molar-refractivity contribution in [2.75, 3.05) is 25.6 Å². The van der Waals surface area contributed by atoms with Crippen LogP contribution in [0.1, 0.15) is 19.3 Å². The van der Waals surface area contributed by atoms with Gasteiger partial charge in [0, 0.05) is 25.4 Å². The maximum absolute atomic E-state index is 9.24. The second kappa shape index (κ2) is 5.82. The van der Waals surface area contributed by atoms with Gasteiger partial charge in [0.05, 0.1) is 7.11 Å². The Morgan fingerprint density at radius 1 is 1.47 bits per heavy atom. The minimum absolute atomic E-state index is 0.283. The third kappa shape index (κ3) is 3.06. The molecule has 94 valence electrons. The van der Waals surface area contributed by atoms with Crippen LogP contribution < -0.4 is 10.1 Å². The first kappa shape index (κ1) is 12.1. The molecule has 0 aliphatic heterocycles. The fraction of sp³-hybridized carbons (Fsp3) is 0.667. The maximum atomic E-state index is 9.24. The van der Waals surface area contributed by atoms with Crippen LogP contribution in [0.4, 0.5) is 5.95 Å². The lowest BCUT2D eigenvalue weighted by molar-refractivity contribution is 0.198. The Morgan fingerprint density at radius 3 is 3.06 bits per heavy atom. The van der Waals surface area contributed by atoms with Crippen LogP contribution in [-0.2, 0) is 0 Å². The molecule has 2 N–H and O–H groups in total. The molecule has 5 nitrogen and oxygen atoms in total. The summed E-state index contributed by atoms with van der Waals surface area (Å²) in [6.07, 6.45) is 5.17. The lowest BCUT2D eigenvalue weighted by Gasteiger charge is -2.17. The van der Waals surface area contributed by atoms with Gasteiger partial charge in [-0.15, -0.1) is 0 Å². The van der Waals surface area contributed by atoms with E-state index in [0.717, 1.165) is 13.0 Å². The van der Waals surface area contributed by atoms with Gasteiger partial charge in [-0.05, 0) is 24.7 Å². The molecule has 17 heavy (non-hydrogen) atoms. The van der Waals surface area contributed by atoms with Gasteiger partial charge < -0.3 is 15.2 Å². The molecule has 1 aromatic heterocycles. The van der Waals surface area contributed by atoms with Crippen molar-refractivity contribution in [2.45, 2.75) is 19.3 Å². The molecule has 1 saturated carbocycles. The van der Waals surface area contributed by atoms with Crippen molar-refractivity contribution in [1.29, 1.82) is 0 Å². The monoisotopic (exact) mass is 237 g/mol. The first-order valence-corrected chi connectivity index (χ1v) is 6.05. The molecule has 1 aromatic rings. The minimum atomic E-state index is 0.283. The van der Waals surface area contributed by atoms with E-state index in [1.54, 1.807) is 19.4 Å². The molecule has 1 heterocycles. The van der Waals surface area contributed by atoms with Gasteiger partial charge in [0.15, 0.2) is 0 Å². The van der Waals surface area contributed by atoms with Gasteiger partial charge in [-0.2, -0.15) is 4.98 Å². The van der Waals surface area contributed by atoms with E-state index < -0.39 is 0 Å². The predicted octanol–water partition coefficient (Wildman–Crippen LogP) is 1.31. The number of hydrogen-bond acceptors (Lipinski definition) is 5. The van der Waals surface area contributed by atoms with E-state index in [-0.39, 0.29) is 6.61 Å². The molecule has 0 bridgehead atoms. The standard InChI is InChI=1S/C12H19N3O2/c1-17-11-5-6-13-12(15-11)14-7-9-3-2-4-10(9)8-16/h5-6,9-10,16H,2-4,7-8H2,1H3,(H,13,14,15). The molecular formula is C12H19N3O2. The van der Waals surface area contributed by atoms with Crippen molar-refractivity contribution in [3.63, 3.8) is 0 Å². The highest BCUT2D eigenvalue weighted by Crippen LogP contribution is 2.31. The molecule has 2 unspecified atom stereocenters. The Hall–Kier alpha value is -1.36. The summed E-state index contributed by atoms with van der Waals surface area (Å²) in [6, 6.07) is 1.72. The third-order valence-corrected chi connectivity index (χ3v) is 3.41. The van der Waals surface area contributed by atoms with Gasteiger partial charge in [-0.25, -0.2) is 4.98 Å². The van der Waals surface area contributed by atoms with Crippen molar-refractivity contribution in [3.05, 3.63) is 12.3 Å². The Labute approximate surface area is 101 Å². The van der Waals surface area contributed by atoms with Crippen molar-refractivity contribution >= 4 is 5.95 Å². The van der Waals surface area contributed by atoms with E-state index in [0.29, 0.717) is 23.7 Å². The Bertz CT molecular complexity index is 359. The summed E-state index contributed by atoms with van der Waals surface area (Å²) >= 11 is 0. The number of ether oxygens (including phenoxy) is 1. The zero-order chi connectivity index (χ0) is 12.1. The topological polar surface area (TPSA) is 67.3 Å². The number of aliphatic hydroxyl groups is 1. The molecule has 1 aliphatic rings. The number of nitrogens with zero attached hydrogens (tertiary/aromatic N) is 2. The van der Waals surface area contributed by atoms with E-state index >= 15 is 0 Å². The Balaban J connectivity index is 1.88. The van der Waals surface area contributed by atoms with E-state index in [9.17, 15) is 5.11 Å². The van der Waals surface area contributed by atoms with Crippen LogP contribution in [0.3, 0.4) is 0 Å². The summed E-state index contributed by atoms with van der Waals surface area (Å²) in [5, 5.41) is 12.4. The summed E-state index contributed by atoms with van der Waals surface area (Å²) < 4.78 is 5.04. The van der Waals surface area contributed by atoms with Crippen LogP contribution in [0.25, 0.3) is 0 Å². The average Bonchev–Trinajstić information content (AvgIpc) is 2.84. The van der Waals surface area contributed by atoms with Crippen LogP contribution in [0.2, 0.25) is 0 Å². The van der Waals surface area contributed by atoms with Gasteiger partial charge in [0.1, 0.15) is 0 Å². The molecule has 0 amide bonds. The highest BCUT2D eigenvalue weighted by Gasteiger charge is 2.26. The van der Waals surface area contributed by atoms with E-state index in [1.165, 1.54) is 12.8 Å². The quantitative estimate of drug-likeness (QED) is 0.808. The second-order valence-electron chi connectivity index (χ2n) is 4.44. The van der Waals surface area contributed by atoms with Crippen LogP contribution in [0.15, 0.2) is 12.3 Å². The Morgan fingerprint density at radius 2 is 2.29 bits per heavy atom. The predicted molar refractivity (Wildman–Crippen MR) is 65.0 cm³/mol. The summed E-state index contributed by atoms with van der Waals surface area (Å²) in [7, 11) is 1.59. The highest BCUT2D eigenvalue weighted by atomic mass is 16.5. The smallest absolute Gasteiger partial charge is 0.225 e. The zero-order valence-electron chi connectivity index (χ0n) is 10.1. The van der Waals surface area contributed by atoms with Crippen LogP contribution >= 0.6 is 0 Å². The largest absolute Gasteiger partial charge is 0.481 e. The molecular weight excluding hydrogens is 218 g/mol. The summed E-state index contributed by atoms with van der Waals surface area (Å²) in [5.74, 6) is 2.10. The van der Waals surface area contributed by atoms with Crippen molar-refractivity contribution in [3.8, 4) is 5.88 Å². The molecule has 2 atom stereocenters. The number of aliphatic hydroxyl groups excluding tert-OH is 1. The molecule has 0 spiro atoms. The van der Waals surface area contributed by atoms with Crippen molar-refractivity contribution in [1.82, 2.24) is 9.97 Å². The molecule has 0 saturated heterocycles. The van der Waals surface area contributed by atoms with E-state index in [2.05, 4.69) is 15.3 Å². The number of rotatable bonds is 5. The number of hydrogen-bond donors (Lipinski definition) is 2. The van der Waals surface area contributed by atoms with Crippen molar-refractivity contribution < 1.29 is 9.84 Å². The highest BCUT2D eigenvalue weighted by molar-refractivity contribution is 5.27. The fourth-order valence-electron chi connectivity index (χ4n) is 2.39. The second-order valence-corrected chi connectivity index (χ2v) is 4.44. The Kier molecular flexibility index (Phi) is 4.14. The minimum Gasteiger partial charge on any atom is -0.481 e. The van der Waals surface area contributed by atoms with Gasteiger partial charge in [0.25, 0.3) is 0 Å². The molecule has 2 rings (SSSR count). The maximum Gasteiger partial charge on any atom is 0.225 e. The van der Waals surface area contributed by atoms with Crippen molar-refractivity contribution in [2.24, 2.45) is 11.8 Å². The van der Waals surface area contributed by atoms with Crippen LogP contribution in [0.5, 0.6) is 5.88 Å². The lowest BCUT2D eigenvalue weighted by atomic mass is 9.97. The SMILES string of the molecule is COc1ccnc(NCC2CCCC2CO)n1. The normalized spacial score (nSPS) is 23.6. The summed E-state index contributed by atoms with van der Waals surface area (Å²) in [5.41, 5.74) is 0. The number of methoxy groups -OCH3 is 1. The van der Waals surface area contributed by atoms with E-state index in [1.807, 2.05) is 0 Å². The lowest BCUT2D eigenvalue weighted by Crippen LogP contribution is -2.21. The average molecular weight is 237 g/mol. The number of nitrogens with one attached hydrogen (secondary N) is 1. The van der Waals surface area contributed by atoms with Gasteiger partial charge in [-0.3, -0.25) is 0 Å². The molecule has 0 radical (unpaired) electrons. The summed E-state index contributed by atoms with van der Waals surface area (Å²) in [4.78, 5) is 8.33. The third-order valence-electron chi connectivity index (χ3n) is 3.41. The van der Waals surface area contributed by atoms with Gasteiger partial charge in [-0.1, -0.05) is 6.42 Å². The van der Waals surface area contributed by atoms with Gasteiger partial charge in [0.2, 0.25) is 11.8 Å². The first-order valence-electron chi connectivity index (χ1n) is 6.05. The zero-order valence-corrected chi connectivity index (χ0v) is 10.1. The molecule has 1 aliphatic carbocycles. The molecule has 5 heteroatoms.